The number of ether oxygens (including phenoxy) is 1. The van der Waals surface area contributed by atoms with Gasteiger partial charge in [-0.1, -0.05) is 23.7 Å². The Kier molecular flexibility index (Phi) is 6.70. The lowest BCUT2D eigenvalue weighted by Gasteiger charge is -2.22. The predicted octanol–water partition coefficient (Wildman–Crippen LogP) is 4.77. The van der Waals surface area contributed by atoms with Crippen LogP contribution in [0.2, 0.25) is 5.02 Å². The fraction of sp³-hybridized carbons (Fsp3) is 0.360. The van der Waals surface area contributed by atoms with Gasteiger partial charge < -0.3 is 14.5 Å². The number of nitrogens with zero attached hydrogens (tertiary/aromatic N) is 3. The SMILES string of the molecule is Cc1ccc(-c2cc(N3CCCN(C(=O)COc4ccc(Cl)cc4C)CC3)n[nH]2)cc1C. The van der Waals surface area contributed by atoms with Gasteiger partial charge in [-0.15, -0.1) is 0 Å². The lowest BCUT2D eigenvalue weighted by Crippen LogP contribution is -2.38. The molecule has 7 heteroatoms. The minimum Gasteiger partial charge on any atom is -0.483 e. The van der Waals surface area contributed by atoms with Gasteiger partial charge in [0.1, 0.15) is 5.75 Å². The van der Waals surface area contributed by atoms with Crippen molar-refractivity contribution < 1.29 is 9.53 Å². The Hall–Kier alpha value is -2.99. The van der Waals surface area contributed by atoms with Gasteiger partial charge in [0.25, 0.3) is 5.91 Å². The van der Waals surface area contributed by atoms with Crippen molar-refractivity contribution in [3.8, 4) is 17.0 Å². The van der Waals surface area contributed by atoms with Crippen LogP contribution >= 0.6 is 11.6 Å². The van der Waals surface area contributed by atoms with Crippen LogP contribution in [-0.2, 0) is 4.79 Å². The first-order chi connectivity index (χ1) is 15.4. The zero-order valence-corrected chi connectivity index (χ0v) is 19.6. The molecule has 0 saturated carbocycles. The molecule has 1 aromatic heterocycles. The third-order valence-electron chi connectivity index (χ3n) is 6.04. The van der Waals surface area contributed by atoms with Crippen LogP contribution in [0, 0.1) is 20.8 Å². The van der Waals surface area contributed by atoms with Gasteiger partial charge in [0.2, 0.25) is 0 Å². The largest absolute Gasteiger partial charge is 0.483 e. The van der Waals surface area contributed by atoms with Crippen LogP contribution in [0.4, 0.5) is 5.82 Å². The van der Waals surface area contributed by atoms with Gasteiger partial charge in [0, 0.05) is 37.3 Å². The molecule has 6 nitrogen and oxygen atoms in total. The molecule has 1 aliphatic rings. The van der Waals surface area contributed by atoms with E-state index < -0.39 is 0 Å². The lowest BCUT2D eigenvalue weighted by atomic mass is 10.0. The van der Waals surface area contributed by atoms with E-state index in [0.717, 1.165) is 42.1 Å². The molecule has 0 radical (unpaired) electrons. The molecule has 1 saturated heterocycles. The number of aryl methyl sites for hydroxylation is 3. The maximum absolute atomic E-state index is 12.7. The van der Waals surface area contributed by atoms with Crippen molar-refractivity contribution in [3.63, 3.8) is 0 Å². The number of halogens is 1. The Morgan fingerprint density at radius 2 is 1.84 bits per heavy atom. The smallest absolute Gasteiger partial charge is 0.260 e. The highest BCUT2D eigenvalue weighted by Crippen LogP contribution is 2.25. The third kappa shape index (κ3) is 5.07. The lowest BCUT2D eigenvalue weighted by molar-refractivity contribution is -0.133. The number of carbonyl (C=O) groups excluding carboxylic acids is 1. The Bertz CT molecular complexity index is 1110. The van der Waals surface area contributed by atoms with Crippen molar-refractivity contribution in [2.24, 2.45) is 0 Å². The second kappa shape index (κ2) is 9.65. The van der Waals surface area contributed by atoms with Crippen molar-refractivity contribution in [2.75, 3.05) is 37.7 Å². The normalized spacial score (nSPS) is 14.4. The van der Waals surface area contributed by atoms with E-state index in [9.17, 15) is 4.79 Å². The summed E-state index contributed by atoms with van der Waals surface area (Å²) in [6.45, 7) is 9.15. The summed E-state index contributed by atoms with van der Waals surface area (Å²) in [5.41, 5.74) is 5.60. The highest BCUT2D eigenvalue weighted by molar-refractivity contribution is 6.30. The summed E-state index contributed by atoms with van der Waals surface area (Å²) in [4.78, 5) is 16.8. The molecule has 2 aromatic carbocycles. The fourth-order valence-electron chi connectivity index (χ4n) is 3.93. The summed E-state index contributed by atoms with van der Waals surface area (Å²) in [6.07, 6.45) is 0.886. The van der Waals surface area contributed by atoms with Gasteiger partial charge in [-0.3, -0.25) is 9.89 Å². The van der Waals surface area contributed by atoms with Crippen molar-refractivity contribution in [1.29, 1.82) is 0 Å². The highest BCUT2D eigenvalue weighted by Gasteiger charge is 2.21. The zero-order valence-electron chi connectivity index (χ0n) is 18.8. The summed E-state index contributed by atoms with van der Waals surface area (Å²) < 4.78 is 5.75. The first-order valence-electron chi connectivity index (χ1n) is 11.0. The van der Waals surface area contributed by atoms with Gasteiger partial charge >= 0.3 is 0 Å². The van der Waals surface area contributed by atoms with E-state index in [1.165, 1.54) is 11.1 Å². The number of carbonyl (C=O) groups is 1. The maximum atomic E-state index is 12.7. The molecule has 32 heavy (non-hydrogen) atoms. The molecule has 0 bridgehead atoms. The quantitative estimate of drug-likeness (QED) is 0.605. The van der Waals surface area contributed by atoms with Gasteiger partial charge in [-0.05, 0) is 73.7 Å². The zero-order chi connectivity index (χ0) is 22.7. The average Bonchev–Trinajstić information content (AvgIpc) is 3.12. The van der Waals surface area contributed by atoms with Crippen LogP contribution in [0.1, 0.15) is 23.1 Å². The van der Waals surface area contributed by atoms with Crippen LogP contribution in [0.25, 0.3) is 11.3 Å². The molecule has 0 atom stereocenters. The van der Waals surface area contributed by atoms with Crippen LogP contribution in [-0.4, -0.2) is 53.8 Å². The monoisotopic (exact) mass is 452 g/mol. The number of anilines is 1. The van der Waals surface area contributed by atoms with Crippen LogP contribution in [0.3, 0.4) is 0 Å². The predicted molar refractivity (Wildman–Crippen MR) is 129 cm³/mol. The number of H-pyrrole nitrogens is 1. The molecule has 0 unspecified atom stereocenters. The minimum absolute atomic E-state index is 0.000882. The third-order valence-corrected chi connectivity index (χ3v) is 6.28. The van der Waals surface area contributed by atoms with Crippen LogP contribution < -0.4 is 9.64 Å². The Balaban J connectivity index is 1.35. The topological polar surface area (TPSA) is 61.5 Å². The number of aromatic amines is 1. The average molecular weight is 453 g/mol. The molecular formula is C25H29ClN4O2. The first kappa shape index (κ1) is 22.2. The summed E-state index contributed by atoms with van der Waals surface area (Å²) in [5, 5.41) is 8.36. The van der Waals surface area contributed by atoms with E-state index in [1.807, 2.05) is 17.9 Å². The molecule has 168 valence electrons. The van der Waals surface area contributed by atoms with Gasteiger partial charge in [-0.25, -0.2) is 0 Å². The van der Waals surface area contributed by atoms with Crippen molar-refractivity contribution >= 4 is 23.3 Å². The summed E-state index contributed by atoms with van der Waals surface area (Å²) in [5.74, 6) is 1.61. The summed E-state index contributed by atoms with van der Waals surface area (Å²) in [7, 11) is 0. The molecule has 1 N–H and O–H groups in total. The molecule has 1 aliphatic heterocycles. The fourth-order valence-corrected chi connectivity index (χ4v) is 4.16. The molecule has 3 aromatic rings. The number of hydrogen-bond acceptors (Lipinski definition) is 4. The van der Waals surface area contributed by atoms with E-state index in [-0.39, 0.29) is 12.5 Å². The van der Waals surface area contributed by atoms with E-state index >= 15 is 0 Å². The molecule has 1 fully saturated rings. The number of rotatable bonds is 5. The van der Waals surface area contributed by atoms with Crippen molar-refractivity contribution in [3.05, 3.63) is 64.2 Å². The van der Waals surface area contributed by atoms with E-state index in [2.05, 4.69) is 53.2 Å². The van der Waals surface area contributed by atoms with Crippen LogP contribution in [0.5, 0.6) is 5.75 Å². The molecule has 1 amide bonds. The standard InChI is InChI=1S/C25H29ClN4O2/c1-17-5-6-20(13-18(17)2)22-15-24(28-27-22)29-9-4-10-30(12-11-29)25(31)16-32-23-8-7-21(26)14-19(23)3/h5-8,13-15H,4,9-12,16H2,1-3H3,(H,27,28). The molecule has 0 spiro atoms. The molecule has 0 aliphatic carbocycles. The molecular weight excluding hydrogens is 424 g/mol. The Morgan fingerprint density at radius 3 is 2.62 bits per heavy atom. The van der Waals surface area contributed by atoms with Crippen molar-refractivity contribution in [2.45, 2.75) is 27.2 Å². The minimum atomic E-state index is -0.000882. The summed E-state index contributed by atoms with van der Waals surface area (Å²) >= 11 is 5.99. The van der Waals surface area contributed by atoms with E-state index in [1.54, 1.807) is 12.1 Å². The van der Waals surface area contributed by atoms with Gasteiger partial charge in [0.05, 0.1) is 5.69 Å². The van der Waals surface area contributed by atoms with E-state index in [4.69, 9.17) is 16.3 Å². The molecule has 2 heterocycles. The number of hydrogen-bond donors (Lipinski definition) is 1. The molecule has 4 rings (SSSR count). The van der Waals surface area contributed by atoms with E-state index in [0.29, 0.717) is 23.9 Å². The summed E-state index contributed by atoms with van der Waals surface area (Å²) in [6, 6.07) is 13.9. The maximum Gasteiger partial charge on any atom is 0.260 e. The van der Waals surface area contributed by atoms with Gasteiger partial charge in [-0.2, -0.15) is 5.10 Å². The second-order valence-corrected chi connectivity index (χ2v) is 8.80. The number of amides is 1. The second-order valence-electron chi connectivity index (χ2n) is 8.36. The first-order valence-corrected chi connectivity index (χ1v) is 11.3. The van der Waals surface area contributed by atoms with Crippen LogP contribution in [0.15, 0.2) is 42.5 Å². The highest BCUT2D eigenvalue weighted by atomic mass is 35.5. The number of benzene rings is 2. The number of aromatic nitrogens is 2. The van der Waals surface area contributed by atoms with Crippen molar-refractivity contribution in [1.82, 2.24) is 15.1 Å². The number of nitrogens with one attached hydrogen (secondary N) is 1. The van der Waals surface area contributed by atoms with Gasteiger partial charge in [0.15, 0.2) is 12.4 Å². The Morgan fingerprint density at radius 1 is 1.00 bits per heavy atom. The Labute approximate surface area is 194 Å².